The fourth-order valence-corrected chi connectivity index (χ4v) is 2.85. The highest BCUT2D eigenvalue weighted by Crippen LogP contribution is 2.29. The van der Waals surface area contributed by atoms with Gasteiger partial charge >= 0.3 is 0 Å². The van der Waals surface area contributed by atoms with Crippen molar-refractivity contribution in [2.24, 2.45) is 5.92 Å². The fraction of sp³-hybridized carbons (Fsp3) is 0.647. The first-order valence-electron chi connectivity index (χ1n) is 7.81. The molecule has 0 aliphatic heterocycles. The molecule has 0 radical (unpaired) electrons. The number of ether oxygens (including phenoxy) is 1. The molecular weight excluding hydrogens is 234 g/mol. The summed E-state index contributed by atoms with van der Waals surface area (Å²) in [5.74, 6) is 1.94. The summed E-state index contributed by atoms with van der Waals surface area (Å²) in [6, 6.07) is 9.02. The van der Waals surface area contributed by atoms with Crippen molar-refractivity contribution >= 4 is 5.69 Å². The lowest BCUT2D eigenvalue weighted by atomic mass is 9.84. The van der Waals surface area contributed by atoms with Crippen molar-refractivity contribution in [2.45, 2.75) is 58.4 Å². The fourth-order valence-electron chi connectivity index (χ4n) is 2.85. The molecule has 0 amide bonds. The van der Waals surface area contributed by atoms with Gasteiger partial charge in [0.2, 0.25) is 0 Å². The molecule has 1 saturated carbocycles. The van der Waals surface area contributed by atoms with E-state index < -0.39 is 0 Å². The molecule has 1 aliphatic rings. The van der Waals surface area contributed by atoms with Crippen molar-refractivity contribution < 1.29 is 4.74 Å². The smallest absolute Gasteiger partial charge is 0.121 e. The zero-order valence-corrected chi connectivity index (χ0v) is 12.3. The minimum atomic E-state index is 0.643. The number of benzene rings is 1. The Hall–Kier alpha value is -1.18. The van der Waals surface area contributed by atoms with Crippen LogP contribution in [-0.2, 0) is 0 Å². The molecule has 19 heavy (non-hydrogen) atoms. The predicted molar refractivity (Wildman–Crippen MR) is 81.9 cm³/mol. The molecule has 0 bridgehead atoms. The van der Waals surface area contributed by atoms with Gasteiger partial charge in [-0.15, -0.1) is 0 Å². The standard InChI is InChI=1S/C17H27NO/c1-3-12-19-17-7-5-6-16(13-17)18-15-10-8-14(4-2)9-11-15/h5-7,13-15,18H,3-4,8-12H2,1-2H3. The first-order chi connectivity index (χ1) is 9.31. The van der Waals surface area contributed by atoms with Gasteiger partial charge in [-0.1, -0.05) is 26.3 Å². The lowest BCUT2D eigenvalue weighted by molar-refractivity contribution is 0.317. The van der Waals surface area contributed by atoms with E-state index in [2.05, 4.69) is 37.4 Å². The summed E-state index contributed by atoms with van der Waals surface area (Å²) in [6.07, 6.45) is 7.75. The Morgan fingerprint density at radius 2 is 1.95 bits per heavy atom. The van der Waals surface area contributed by atoms with E-state index in [1.807, 2.05) is 6.07 Å². The summed E-state index contributed by atoms with van der Waals surface area (Å²) in [7, 11) is 0. The van der Waals surface area contributed by atoms with Gasteiger partial charge in [-0.05, 0) is 50.2 Å². The van der Waals surface area contributed by atoms with Gasteiger partial charge in [-0.3, -0.25) is 0 Å². The van der Waals surface area contributed by atoms with E-state index in [0.717, 1.165) is 24.7 Å². The van der Waals surface area contributed by atoms with E-state index in [0.29, 0.717) is 6.04 Å². The van der Waals surface area contributed by atoms with Crippen LogP contribution in [0.4, 0.5) is 5.69 Å². The average molecular weight is 261 g/mol. The van der Waals surface area contributed by atoms with E-state index in [1.54, 1.807) is 0 Å². The van der Waals surface area contributed by atoms with Crippen LogP contribution in [0.1, 0.15) is 52.4 Å². The second-order valence-corrected chi connectivity index (χ2v) is 5.65. The molecule has 1 aromatic carbocycles. The molecule has 1 aliphatic carbocycles. The molecule has 2 nitrogen and oxygen atoms in total. The molecule has 0 atom stereocenters. The highest BCUT2D eigenvalue weighted by molar-refractivity contribution is 5.48. The highest BCUT2D eigenvalue weighted by atomic mass is 16.5. The normalized spacial score (nSPS) is 23.1. The highest BCUT2D eigenvalue weighted by Gasteiger charge is 2.19. The van der Waals surface area contributed by atoms with Crippen LogP contribution < -0.4 is 10.1 Å². The molecule has 0 aromatic heterocycles. The van der Waals surface area contributed by atoms with Gasteiger partial charge in [0.15, 0.2) is 0 Å². The summed E-state index contributed by atoms with van der Waals surface area (Å²) in [6.45, 7) is 5.24. The molecule has 0 unspecified atom stereocenters. The van der Waals surface area contributed by atoms with Gasteiger partial charge in [-0.25, -0.2) is 0 Å². The van der Waals surface area contributed by atoms with E-state index in [9.17, 15) is 0 Å². The Balaban J connectivity index is 1.85. The largest absolute Gasteiger partial charge is 0.494 e. The number of hydrogen-bond donors (Lipinski definition) is 1. The molecule has 1 aromatic rings. The SMILES string of the molecule is CCCOc1cccc(NC2CCC(CC)CC2)c1. The first kappa shape index (κ1) is 14.2. The summed E-state index contributed by atoms with van der Waals surface area (Å²) in [4.78, 5) is 0. The van der Waals surface area contributed by atoms with Crippen LogP contribution in [0.2, 0.25) is 0 Å². The third kappa shape index (κ3) is 4.45. The van der Waals surface area contributed by atoms with Crippen molar-refractivity contribution in [3.63, 3.8) is 0 Å². The van der Waals surface area contributed by atoms with Crippen molar-refractivity contribution in [1.82, 2.24) is 0 Å². The van der Waals surface area contributed by atoms with E-state index in [4.69, 9.17) is 4.74 Å². The molecule has 0 saturated heterocycles. The number of hydrogen-bond acceptors (Lipinski definition) is 2. The Morgan fingerprint density at radius 1 is 1.16 bits per heavy atom. The number of nitrogens with one attached hydrogen (secondary N) is 1. The number of rotatable bonds is 6. The third-order valence-electron chi connectivity index (χ3n) is 4.10. The van der Waals surface area contributed by atoms with Crippen molar-refractivity contribution in [3.05, 3.63) is 24.3 Å². The van der Waals surface area contributed by atoms with Crippen molar-refractivity contribution in [3.8, 4) is 5.75 Å². The molecule has 2 rings (SSSR count). The van der Waals surface area contributed by atoms with Gasteiger partial charge in [0.25, 0.3) is 0 Å². The van der Waals surface area contributed by atoms with Crippen LogP contribution in [0.25, 0.3) is 0 Å². The summed E-state index contributed by atoms with van der Waals surface area (Å²) < 4.78 is 5.68. The van der Waals surface area contributed by atoms with E-state index in [1.165, 1.54) is 37.8 Å². The topological polar surface area (TPSA) is 21.3 Å². The second kappa shape index (κ2) is 7.42. The van der Waals surface area contributed by atoms with Gasteiger partial charge in [0.1, 0.15) is 5.75 Å². The van der Waals surface area contributed by atoms with Crippen LogP contribution in [0.5, 0.6) is 5.75 Å². The van der Waals surface area contributed by atoms with E-state index in [-0.39, 0.29) is 0 Å². The zero-order valence-electron chi connectivity index (χ0n) is 12.3. The summed E-state index contributed by atoms with van der Waals surface area (Å²) >= 11 is 0. The van der Waals surface area contributed by atoms with Gasteiger partial charge in [0, 0.05) is 17.8 Å². The van der Waals surface area contributed by atoms with Crippen LogP contribution in [0.15, 0.2) is 24.3 Å². The lowest BCUT2D eigenvalue weighted by Crippen LogP contribution is -2.25. The maximum Gasteiger partial charge on any atom is 0.121 e. The zero-order chi connectivity index (χ0) is 13.5. The average Bonchev–Trinajstić information content (AvgIpc) is 2.46. The maximum atomic E-state index is 5.68. The van der Waals surface area contributed by atoms with Crippen molar-refractivity contribution in [1.29, 1.82) is 0 Å². The first-order valence-corrected chi connectivity index (χ1v) is 7.81. The Morgan fingerprint density at radius 3 is 2.63 bits per heavy atom. The molecule has 0 heterocycles. The van der Waals surface area contributed by atoms with Gasteiger partial charge in [-0.2, -0.15) is 0 Å². The predicted octanol–water partition coefficient (Wildman–Crippen LogP) is 4.86. The monoisotopic (exact) mass is 261 g/mol. The molecule has 1 fully saturated rings. The maximum absolute atomic E-state index is 5.68. The molecule has 1 N–H and O–H groups in total. The van der Waals surface area contributed by atoms with Gasteiger partial charge in [0.05, 0.1) is 6.61 Å². The minimum Gasteiger partial charge on any atom is -0.494 e. The molecular formula is C17H27NO. The van der Waals surface area contributed by atoms with Crippen LogP contribution in [0.3, 0.4) is 0 Å². The Kier molecular flexibility index (Phi) is 5.56. The molecule has 106 valence electrons. The molecule has 2 heteroatoms. The Bertz CT molecular complexity index is 369. The third-order valence-corrected chi connectivity index (χ3v) is 4.10. The van der Waals surface area contributed by atoms with Gasteiger partial charge < -0.3 is 10.1 Å². The van der Waals surface area contributed by atoms with Crippen LogP contribution in [0, 0.1) is 5.92 Å². The lowest BCUT2D eigenvalue weighted by Gasteiger charge is -2.29. The van der Waals surface area contributed by atoms with Crippen molar-refractivity contribution in [2.75, 3.05) is 11.9 Å². The Labute approximate surface area is 117 Å². The summed E-state index contributed by atoms with van der Waals surface area (Å²) in [5, 5.41) is 3.66. The van der Waals surface area contributed by atoms with E-state index >= 15 is 0 Å². The minimum absolute atomic E-state index is 0.643. The molecule has 0 spiro atoms. The van der Waals surface area contributed by atoms with Crippen LogP contribution >= 0.6 is 0 Å². The van der Waals surface area contributed by atoms with Crippen LogP contribution in [-0.4, -0.2) is 12.6 Å². The second-order valence-electron chi connectivity index (χ2n) is 5.65. The summed E-state index contributed by atoms with van der Waals surface area (Å²) in [5.41, 5.74) is 1.20. The quantitative estimate of drug-likeness (QED) is 0.790. The number of anilines is 1.